The first kappa shape index (κ1) is 7.29. The molecule has 0 radical (unpaired) electrons. The van der Waals surface area contributed by atoms with Crippen LogP contribution in [0.5, 0.6) is 0 Å². The van der Waals surface area contributed by atoms with Crippen LogP contribution in [0.15, 0.2) is 24.5 Å². The quantitative estimate of drug-likeness (QED) is 0.686. The smallest absolute Gasteiger partial charge is 0.0270 e. The second-order valence-corrected chi connectivity index (χ2v) is 3.68. The molecule has 2 rings (SSSR count). The third-order valence-electron chi connectivity index (χ3n) is 2.26. The van der Waals surface area contributed by atoms with Gasteiger partial charge < -0.3 is 0 Å². The van der Waals surface area contributed by atoms with Crippen LogP contribution in [0.2, 0.25) is 0 Å². The molecule has 1 saturated carbocycles. The maximum Gasteiger partial charge on any atom is 0.0270 e. The number of nitrogens with zero attached hydrogens (tertiary/aromatic N) is 1. The van der Waals surface area contributed by atoms with Gasteiger partial charge in [-0.25, -0.2) is 0 Å². The predicted octanol–water partition coefficient (Wildman–Crippen LogP) is 2.58. The van der Waals surface area contributed by atoms with Crippen molar-refractivity contribution in [2.24, 2.45) is 5.92 Å². The van der Waals surface area contributed by atoms with E-state index in [4.69, 9.17) is 0 Å². The highest BCUT2D eigenvalue weighted by Crippen LogP contribution is 2.47. The van der Waals surface area contributed by atoms with Crippen LogP contribution in [0.3, 0.4) is 0 Å². The number of pyridine rings is 1. The summed E-state index contributed by atoms with van der Waals surface area (Å²) in [6.07, 6.45) is 5.09. The minimum absolute atomic E-state index is 0.803. The lowest BCUT2D eigenvalue weighted by atomic mass is 10.1. The van der Waals surface area contributed by atoms with Crippen molar-refractivity contribution in [1.29, 1.82) is 0 Å². The Morgan fingerprint density at radius 3 is 2.73 bits per heavy atom. The van der Waals surface area contributed by atoms with E-state index in [0.29, 0.717) is 0 Å². The molecule has 1 aliphatic rings. The molecule has 11 heavy (non-hydrogen) atoms. The van der Waals surface area contributed by atoms with Crippen molar-refractivity contribution >= 4 is 15.9 Å². The molecule has 1 aliphatic carbocycles. The van der Waals surface area contributed by atoms with Crippen molar-refractivity contribution in [2.45, 2.75) is 12.3 Å². The summed E-state index contributed by atoms with van der Waals surface area (Å²) >= 11 is 3.50. The third-order valence-corrected chi connectivity index (χ3v) is 3.09. The van der Waals surface area contributed by atoms with Gasteiger partial charge in [-0.15, -0.1) is 0 Å². The minimum Gasteiger partial charge on any atom is -0.265 e. The summed E-state index contributed by atoms with van der Waals surface area (Å²) in [6.45, 7) is 0. The number of alkyl halides is 1. The van der Waals surface area contributed by atoms with Gasteiger partial charge in [0.1, 0.15) is 0 Å². The number of halogens is 1. The van der Waals surface area contributed by atoms with E-state index in [1.807, 2.05) is 12.4 Å². The molecule has 0 saturated heterocycles. The highest BCUT2D eigenvalue weighted by Gasteiger charge is 2.36. The van der Waals surface area contributed by atoms with Gasteiger partial charge in [0.2, 0.25) is 0 Å². The highest BCUT2D eigenvalue weighted by atomic mass is 79.9. The van der Waals surface area contributed by atoms with Gasteiger partial charge in [-0.3, -0.25) is 4.98 Å². The number of hydrogen-bond acceptors (Lipinski definition) is 1. The molecule has 0 N–H and O–H groups in total. The number of aromatic nitrogens is 1. The van der Waals surface area contributed by atoms with Crippen molar-refractivity contribution in [1.82, 2.24) is 4.98 Å². The van der Waals surface area contributed by atoms with Crippen molar-refractivity contribution in [3.63, 3.8) is 0 Å². The first-order valence-electron chi connectivity index (χ1n) is 3.87. The van der Waals surface area contributed by atoms with Gasteiger partial charge in [0.05, 0.1) is 0 Å². The van der Waals surface area contributed by atoms with E-state index in [1.54, 1.807) is 0 Å². The van der Waals surface area contributed by atoms with Crippen molar-refractivity contribution in [2.75, 3.05) is 5.33 Å². The largest absolute Gasteiger partial charge is 0.265 e. The van der Waals surface area contributed by atoms with E-state index >= 15 is 0 Å². The molecule has 2 heteroatoms. The van der Waals surface area contributed by atoms with Gasteiger partial charge in [0.15, 0.2) is 0 Å². The zero-order chi connectivity index (χ0) is 7.68. The van der Waals surface area contributed by atoms with Gasteiger partial charge in [-0.2, -0.15) is 0 Å². The summed E-state index contributed by atoms with van der Waals surface area (Å²) in [5.74, 6) is 1.68. The fraction of sp³-hybridized carbons (Fsp3) is 0.444. The number of rotatable bonds is 2. The monoisotopic (exact) mass is 211 g/mol. The van der Waals surface area contributed by atoms with Crippen LogP contribution in [0, 0.1) is 5.92 Å². The Hall–Kier alpha value is -0.370. The maximum atomic E-state index is 3.99. The van der Waals surface area contributed by atoms with E-state index < -0.39 is 0 Å². The molecular weight excluding hydrogens is 202 g/mol. The number of hydrogen-bond donors (Lipinski definition) is 0. The zero-order valence-electron chi connectivity index (χ0n) is 6.20. The molecule has 0 aliphatic heterocycles. The molecule has 1 aromatic rings. The van der Waals surface area contributed by atoms with Gasteiger partial charge in [0.25, 0.3) is 0 Å². The summed E-state index contributed by atoms with van der Waals surface area (Å²) in [4.78, 5) is 3.99. The maximum absolute atomic E-state index is 3.99. The van der Waals surface area contributed by atoms with E-state index in [0.717, 1.165) is 17.2 Å². The molecule has 2 unspecified atom stereocenters. The molecule has 0 bridgehead atoms. The Labute approximate surface area is 75.0 Å². The average Bonchev–Trinajstić information content (AvgIpc) is 2.85. The third kappa shape index (κ3) is 1.45. The van der Waals surface area contributed by atoms with Gasteiger partial charge in [-0.1, -0.05) is 15.9 Å². The van der Waals surface area contributed by atoms with Crippen molar-refractivity contribution < 1.29 is 0 Å². The zero-order valence-corrected chi connectivity index (χ0v) is 7.79. The predicted molar refractivity (Wildman–Crippen MR) is 48.9 cm³/mol. The minimum atomic E-state index is 0.803. The van der Waals surface area contributed by atoms with Crippen molar-refractivity contribution in [3.05, 3.63) is 30.1 Å². The van der Waals surface area contributed by atoms with Crippen LogP contribution in [-0.2, 0) is 0 Å². The summed E-state index contributed by atoms with van der Waals surface area (Å²) in [5, 5.41) is 1.14. The molecule has 1 aromatic heterocycles. The summed E-state index contributed by atoms with van der Waals surface area (Å²) < 4.78 is 0. The Kier molecular flexibility index (Phi) is 1.95. The molecule has 58 valence electrons. The van der Waals surface area contributed by atoms with E-state index in [-0.39, 0.29) is 0 Å². The Balaban J connectivity index is 2.09. The molecule has 0 aromatic carbocycles. The Morgan fingerprint density at radius 1 is 1.45 bits per heavy atom. The second kappa shape index (κ2) is 2.94. The van der Waals surface area contributed by atoms with Crippen molar-refractivity contribution in [3.8, 4) is 0 Å². The van der Waals surface area contributed by atoms with Gasteiger partial charge in [0, 0.05) is 17.7 Å². The molecule has 0 spiro atoms. The van der Waals surface area contributed by atoms with Gasteiger partial charge in [-0.05, 0) is 36.0 Å². The summed E-state index contributed by atoms with van der Waals surface area (Å²) in [7, 11) is 0. The summed E-state index contributed by atoms with van der Waals surface area (Å²) in [6, 6.07) is 4.24. The van der Waals surface area contributed by atoms with E-state index in [2.05, 4.69) is 33.0 Å². The summed E-state index contributed by atoms with van der Waals surface area (Å²) in [5.41, 5.74) is 1.45. The normalized spacial score (nSPS) is 28.5. The first-order valence-corrected chi connectivity index (χ1v) is 5.00. The molecule has 1 fully saturated rings. The lowest BCUT2D eigenvalue weighted by Crippen LogP contribution is -1.83. The molecule has 1 nitrogen and oxygen atoms in total. The molecule has 2 atom stereocenters. The average molecular weight is 212 g/mol. The topological polar surface area (TPSA) is 12.9 Å². The Morgan fingerprint density at radius 2 is 2.18 bits per heavy atom. The fourth-order valence-electron chi connectivity index (χ4n) is 1.44. The molecule has 1 heterocycles. The first-order chi connectivity index (χ1) is 5.42. The Bertz CT molecular complexity index is 235. The van der Waals surface area contributed by atoms with Crippen LogP contribution in [-0.4, -0.2) is 10.3 Å². The van der Waals surface area contributed by atoms with Crippen LogP contribution in [0.25, 0.3) is 0 Å². The molecule has 0 amide bonds. The second-order valence-electron chi connectivity index (χ2n) is 3.04. The lowest BCUT2D eigenvalue weighted by Gasteiger charge is -1.95. The van der Waals surface area contributed by atoms with Crippen LogP contribution >= 0.6 is 15.9 Å². The van der Waals surface area contributed by atoms with E-state index in [1.165, 1.54) is 12.0 Å². The van der Waals surface area contributed by atoms with Crippen LogP contribution in [0.4, 0.5) is 0 Å². The highest BCUT2D eigenvalue weighted by molar-refractivity contribution is 9.09. The molecular formula is C9H10BrN. The SMILES string of the molecule is BrCC1CC1c1ccncc1. The van der Waals surface area contributed by atoms with Gasteiger partial charge >= 0.3 is 0 Å². The van der Waals surface area contributed by atoms with Crippen LogP contribution in [0.1, 0.15) is 17.9 Å². The van der Waals surface area contributed by atoms with E-state index in [9.17, 15) is 0 Å². The van der Waals surface area contributed by atoms with Crippen LogP contribution < -0.4 is 0 Å². The lowest BCUT2D eigenvalue weighted by molar-refractivity contribution is 0.933. The fourth-order valence-corrected chi connectivity index (χ4v) is 2.15. The standard InChI is InChI=1S/C9H10BrN/c10-6-8-5-9(8)7-1-3-11-4-2-7/h1-4,8-9H,5-6H2.